The largest absolute Gasteiger partial charge is 0.311 e. The lowest BCUT2D eigenvalue weighted by atomic mass is 9.78. The summed E-state index contributed by atoms with van der Waals surface area (Å²) in [5.41, 5.74) is 15.5. The Hall–Kier alpha value is -6.68. The summed E-state index contributed by atoms with van der Waals surface area (Å²) in [7, 11) is 0. The van der Waals surface area contributed by atoms with Crippen molar-refractivity contribution in [2.24, 2.45) is 0 Å². The average molecular weight is 737 g/mol. The van der Waals surface area contributed by atoms with E-state index in [1.54, 1.807) is 0 Å². The minimum Gasteiger partial charge on any atom is -0.311 e. The zero-order valence-corrected chi connectivity index (χ0v) is 32.2. The van der Waals surface area contributed by atoms with E-state index in [9.17, 15) is 0 Å². The number of nitrogens with zero attached hydrogens (tertiary/aromatic N) is 2. The number of hydrogen-bond donors (Lipinski definition) is 0. The maximum Gasteiger partial charge on any atom is 0.0688 e. The molecule has 1 aliphatic heterocycles. The highest BCUT2D eigenvalue weighted by Gasteiger charge is 2.39. The number of hydrogen-bond acceptors (Lipinski definition) is 3. The number of thiophene rings is 1. The predicted molar refractivity (Wildman–Crippen MR) is 240 cm³/mol. The molecule has 0 aliphatic carbocycles. The standard InChI is InChI=1S/C53H40N2S/c1-53(2)48-18-10-11-19-49(48)55(51-47-17-9-12-20-50(47)56-52(51)53)46-35-27-42(28-36-46)41-25-33-45(34-26-41)54(43-29-21-39(22-30-43)37-13-5-3-6-14-37)44-31-23-40(24-32-44)38-15-7-4-8-16-38/h3-36H,1-2H3. The average Bonchev–Trinajstić information content (AvgIpc) is 3.66. The van der Waals surface area contributed by atoms with Crippen LogP contribution in [0.25, 0.3) is 43.5 Å². The summed E-state index contributed by atoms with van der Waals surface area (Å²) < 4.78 is 1.33. The molecule has 2 nitrogen and oxygen atoms in total. The Morgan fingerprint density at radius 3 is 1.34 bits per heavy atom. The molecule has 0 saturated heterocycles. The number of anilines is 6. The quantitative estimate of drug-likeness (QED) is 0.161. The van der Waals surface area contributed by atoms with Gasteiger partial charge in [-0.2, -0.15) is 0 Å². The van der Waals surface area contributed by atoms with Gasteiger partial charge < -0.3 is 9.80 Å². The van der Waals surface area contributed by atoms with E-state index < -0.39 is 0 Å². The normalized spacial score (nSPS) is 12.9. The Balaban J connectivity index is 0.994. The summed E-state index contributed by atoms with van der Waals surface area (Å²) in [6.45, 7) is 4.73. The predicted octanol–water partition coefficient (Wildman–Crippen LogP) is 15.5. The third-order valence-electron chi connectivity index (χ3n) is 11.2. The van der Waals surface area contributed by atoms with Gasteiger partial charge in [0.05, 0.1) is 11.4 Å². The van der Waals surface area contributed by atoms with Crippen molar-refractivity contribution < 1.29 is 0 Å². The van der Waals surface area contributed by atoms with Crippen LogP contribution >= 0.6 is 11.3 Å². The first-order chi connectivity index (χ1) is 27.5. The molecule has 56 heavy (non-hydrogen) atoms. The number of fused-ring (bicyclic) bond motifs is 4. The molecule has 268 valence electrons. The van der Waals surface area contributed by atoms with Gasteiger partial charge in [0.15, 0.2) is 0 Å². The highest BCUT2D eigenvalue weighted by atomic mass is 32.1. The summed E-state index contributed by atoms with van der Waals surface area (Å²) >= 11 is 1.92. The van der Waals surface area contributed by atoms with Gasteiger partial charge in [-0.05, 0) is 99.6 Å². The molecule has 1 aliphatic rings. The van der Waals surface area contributed by atoms with Crippen LogP contribution in [0.2, 0.25) is 0 Å². The summed E-state index contributed by atoms with van der Waals surface area (Å²) in [4.78, 5) is 6.23. The van der Waals surface area contributed by atoms with E-state index in [1.807, 2.05) is 11.3 Å². The maximum atomic E-state index is 2.48. The smallest absolute Gasteiger partial charge is 0.0688 e. The van der Waals surface area contributed by atoms with Crippen molar-refractivity contribution in [3.63, 3.8) is 0 Å². The van der Waals surface area contributed by atoms with Crippen molar-refractivity contribution in [3.8, 4) is 33.4 Å². The second-order valence-electron chi connectivity index (χ2n) is 15.0. The number of rotatable bonds is 7. The van der Waals surface area contributed by atoms with Crippen LogP contribution in [-0.4, -0.2) is 0 Å². The molecule has 3 heteroatoms. The molecule has 8 aromatic carbocycles. The van der Waals surface area contributed by atoms with Crippen LogP contribution in [0.15, 0.2) is 206 Å². The van der Waals surface area contributed by atoms with Crippen molar-refractivity contribution in [1.29, 1.82) is 0 Å². The molecule has 2 heterocycles. The highest BCUT2D eigenvalue weighted by Crippen LogP contribution is 2.57. The van der Waals surface area contributed by atoms with Gasteiger partial charge in [0, 0.05) is 43.1 Å². The van der Waals surface area contributed by atoms with Crippen LogP contribution in [0.1, 0.15) is 24.3 Å². The first-order valence-corrected chi connectivity index (χ1v) is 20.1. The van der Waals surface area contributed by atoms with E-state index in [4.69, 9.17) is 0 Å². The first-order valence-electron chi connectivity index (χ1n) is 19.3. The summed E-state index contributed by atoms with van der Waals surface area (Å²) in [5, 5.41) is 1.31. The number of para-hydroxylation sites is 1. The summed E-state index contributed by atoms with van der Waals surface area (Å²) in [5.74, 6) is 0. The second kappa shape index (κ2) is 13.9. The van der Waals surface area contributed by atoms with Crippen LogP contribution < -0.4 is 9.80 Å². The van der Waals surface area contributed by atoms with Crippen molar-refractivity contribution in [1.82, 2.24) is 0 Å². The molecule has 0 unspecified atom stereocenters. The van der Waals surface area contributed by atoms with Crippen molar-refractivity contribution in [3.05, 3.63) is 217 Å². The Labute approximate surface area is 333 Å². The van der Waals surface area contributed by atoms with Gasteiger partial charge in [0.25, 0.3) is 0 Å². The fraction of sp³-hybridized carbons (Fsp3) is 0.0566. The van der Waals surface area contributed by atoms with Crippen LogP contribution in [-0.2, 0) is 5.41 Å². The monoisotopic (exact) mass is 736 g/mol. The molecule has 0 spiro atoms. The van der Waals surface area contributed by atoms with Gasteiger partial charge in [-0.15, -0.1) is 11.3 Å². The topological polar surface area (TPSA) is 6.48 Å². The van der Waals surface area contributed by atoms with E-state index in [1.165, 1.54) is 71.0 Å². The minimum atomic E-state index is -0.0877. The van der Waals surface area contributed by atoms with Crippen LogP contribution in [0.3, 0.4) is 0 Å². The molecule has 1 aromatic heterocycles. The van der Waals surface area contributed by atoms with Crippen LogP contribution in [0.5, 0.6) is 0 Å². The molecule has 0 N–H and O–H groups in total. The van der Waals surface area contributed by atoms with E-state index in [0.29, 0.717) is 0 Å². The van der Waals surface area contributed by atoms with Gasteiger partial charge in [-0.3, -0.25) is 0 Å². The lowest BCUT2D eigenvalue weighted by Gasteiger charge is -2.40. The Kier molecular flexibility index (Phi) is 8.39. The van der Waals surface area contributed by atoms with Gasteiger partial charge >= 0.3 is 0 Å². The van der Waals surface area contributed by atoms with Gasteiger partial charge in [-0.1, -0.05) is 159 Å². The fourth-order valence-corrected chi connectivity index (χ4v) is 9.61. The Morgan fingerprint density at radius 1 is 0.411 bits per heavy atom. The molecular formula is C53H40N2S. The molecule has 0 atom stereocenters. The Bertz CT molecular complexity index is 2700. The number of benzene rings is 8. The molecule has 10 rings (SSSR count). The molecular weight excluding hydrogens is 697 g/mol. The zero-order chi connectivity index (χ0) is 37.6. The first kappa shape index (κ1) is 33.9. The lowest BCUT2D eigenvalue weighted by molar-refractivity contribution is 0.647. The SMILES string of the molecule is CC1(C)c2ccccc2N(c2ccc(-c3ccc(N(c4ccc(-c5ccccc5)cc4)c4ccc(-c5ccccc5)cc4)cc3)cc2)c2c1sc1ccccc21. The minimum absolute atomic E-state index is 0.0877. The fourth-order valence-electron chi connectivity index (χ4n) is 8.31. The van der Waals surface area contributed by atoms with Gasteiger partial charge in [0.1, 0.15) is 0 Å². The van der Waals surface area contributed by atoms with Crippen molar-refractivity contribution in [2.75, 3.05) is 9.80 Å². The van der Waals surface area contributed by atoms with E-state index in [0.717, 1.165) is 17.1 Å². The van der Waals surface area contributed by atoms with Crippen LogP contribution in [0.4, 0.5) is 34.1 Å². The molecule has 0 radical (unpaired) electrons. The maximum absolute atomic E-state index is 2.48. The second-order valence-corrected chi connectivity index (χ2v) is 16.1. The van der Waals surface area contributed by atoms with E-state index >= 15 is 0 Å². The molecule has 0 amide bonds. The van der Waals surface area contributed by atoms with E-state index in [-0.39, 0.29) is 5.41 Å². The molecule has 0 saturated carbocycles. The van der Waals surface area contributed by atoms with Crippen LogP contribution in [0, 0.1) is 0 Å². The van der Waals surface area contributed by atoms with Crippen molar-refractivity contribution >= 4 is 55.5 Å². The molecule has 9 aromatic rings. The van der Waals surface area contributed by atoms with Crippen molar-refractivity contribution in [2.45, 2.75) is 19.3 Å². The molecule has 0 bridgehead atoms. The van der Waals surface area contributed by atoms with Gasteiger partial charge in [0.2, 0.25) is 0 Å². The Morgan fingerprint density at radius 2 is 0.821 bits per heavy atom. The lowest BCUT2D eigenvalue weighted by Crippen LogP contribution is -2.29. The highest BCUT2D eigenvalue weighted by molar-refractivity contribution is 7.20. The molecule has 0 fully saturated rings. The third kappa shape index (κ3) is 5.89. The zero-order valence-electron chi connectivity index (χ0n) is 31.4. The van der Waals surface area contributed by atoms with Gasteiger partial charge in [-0.25, -0.2) is 0 Å². The summed E-state index contributed by atoms with van der Waals surface area (Å²) in [6, 6.07) is 74.7. The summed E-state index contributed by atoms with van der Waals surface area (Å²) in [6.07, 6.45) is 0. The third-order valence-corrected chi connectivity index (χ3v) is 12.7. The van der Waals surface area contributed by atoms with E-state index in [2.05, 4.69) is 230 Å².